The zero-order chi connectivity index (χ0) is 34.4. The van der Waals surface area contributed by atoms with Crippen LogP contribution >= 0.6 is 15.8 Å². The second kappa shape index (κ2) is 13.6. The molecule has 9 rings (SSSR count). The summed E-state index contributed by atoms with van der Waals surface area (Å²) in [6, 6.07) is 62.6. The van der Waals surface area contributed by atoms with Gasteiger partial charge >= 0.3 is 0 Å². The maximum Gasteiger partial charge on any atom is 0.163 e. The molecule has 0 unspecified atom stereocenters. The first-order valence-corrected chi connectivity index (χ1v) is 20.9. The molecule has 0 amide bonds. The largest absolute Gasteiger partial charge is 0.344 e. The van der Waals surface area contributed by atoms with E-state index in [1.807, 2.05) is 0 Å². The molecule has 0 aromatic heterocycles. The van der Waals surface area contributed by atoms with Crippen molar-refractivity contribution in [3.63, 3.8) is 0 Å². The Morgan fingerprint density at radius 2 is 0.627 bits per heavy atom. The van der Waals surface area contributed by atoms with Crippen molar-refractivity contribution in [2.75, 3.05) is 12.3 Å². The Hall–Kier alpha value is -4.42. The molecule has 1 fully saturated rings. The van der Waals surface area contributed by atoms with Crippen LogP contribution in [0.2, 0.25) is 0 Å². The molecule has 0 aliphatic carbocycles. The van der Waals surface area contributed by atoms with Gasteiger partial charge in [-0.25, -0.2) is 0 Å². The van der Waals surface area contributed by atoms with E-state index in [1.165, 1.54) is 64.3 Å². The molecule has 1 heterocycles. The fraction of sp³-hybridized carbons (Fsp3) is 0.149. The highest BCUT2D eigenvalue weighted by Gasteiger charge is 2.44. The Morgan fingerprint density at radius 3 is 0.922 bits per heavy atom. The topological polar surface area (TPSA) is 18.5 Å². The van der Waals surface area contributed by atoms with E-state index in [4.69, 9.17) is 9.47 Å². The first kappa shape index (κ1) is 32.5. The van der Waals surface area contributed by atoms with Crippen LogP contribution in [0.3, 0.4) is 0 Å². The van der Waals surface area contributed by atoms with E-state index in [9.17, 15) is 0 Å². The zero-order valence-corrected chi connectivity index (χ0v) is 30.7. The summed E-state index contributed by atoms with van der Waals surface area (Å²) in [6.07, 6.45) is 1.58. The predicted octanol–water partition coefficient (Wildman–Crippen LogP) is 10.4. The third-order valence-corrected chi connectivity index (χ3v) is 15.6. The Bertz CT molecular complexity index is 2170. The minimum absolute atomic E-state index is 0.0843. The van der Waals surface area contributed by atoms with E-state index in [-0.39, 0.29) is 12.2 Å². The van der Waals surface area contributed by atoms with Gasteiger partial charge in [-0.15, -0.1) is 0 Å². The van der Waals surface area contributed by atoms with Gasteiger partial charge in [0.1, 0.15) is 0 Å². The minimum atomic E-state index is -0.817. The highest BCUT2D eigenvalue weighted by Crippen LogP contribution is 2.47. The molecule has 1 saturated heterocycles. The molecule has 1 aliphatic rings. The summed E-state index contributed by atoms with van der Waals surface area (Å²) in [7, 11) is -1.63. The molecule has 1 aliphatic heterocycles. The van der Waals surface area contributed by atoms with Crippen molar-refractivity contribution < 1.29 is 9.47 Å². The van der Waals surface area contributed by atoms with Gasteiger partial charge in [0.15, 0.2) is 5.79 Å². The van der Waals surface area contributed by atoms with Crippen molar-refractivity contribution in [1.29, 1.82) is 0 Å². The van der Waals surface area contributed by atoms with Crippen molar-refractivity contribution in [2.24, 2.45) is 0 Å². The van der Waals surface area contributed by atoms with Crippen molar-refractivity contribution in [1.82, 2.24) is 0 Å². The summed E-state index contributed by atoms with van der Waals surface area (Å²) in [6.45, 7) is 4.19. The van der Waals surface area contributed by atoms with Crippen LogP contribution in [-0.2, 0) is 9.47 Å². The molecule has 8 aromatic carbocycles. The van der Waals surface area contributed by atoms with Gasteiger partial charge in [-0.05, 0) is 94.0 Å². The summed E-state index contributed by atoms with van der Waals surface area (Å²) in [5.74, 6) is -0.688. The Morgan fingerprint density at radius 1 is 0.373 bits per heavy atom. The van der Waals surface area contributed by atoms with Crippen LogP contribution in [0.5, 0.6) is 0 Å². The summed E-state index contributed by atoms with van der Waals surface area (Å²) in [5.41, 5.74) is 0. The van der Waals surface area contributed by atoms with Crippen LogP contribution in [0.1, 0.15) is 13.8 Å². The average Bonchev–Trinajstić information content (AvgIpc) is 3.47. The Kier molecular flexibility index (Phi) is 8.67. The molecule has 2 atom stereocenters. The van der Waals surface area contributed by atoms with Gasteiger partial charge in [0.05, 0.1) is 12.2 Å². The van der Waals surface area contributed by atoms with Crippen molar-refractivity contribution >= 4 is 80.2 Å². The van der Waals surface area contributed by atoms with Gasteiger partial charge in [-0.1, -0.05) is 170 Å². The smallest absolute Gasteiger partial charge is 0.163 e. The van der Waals surface area contributed by atoms with Gasteiger partial charge in [0.2, 0.25) is 0 Å². The zero-order valence-electron chi connectivity index (χ0n) is 28.9. The van der Waals surface area contributed by atoms with E-state index in [1.54, 1.807) is 0 Å². The number of fused-ring (bicyclic) bond motifs is 4. The fourth-order valence-electron chi connectivity index (χ4n) is 8.01. The standard InChI is InChI=1S/C47H40O2P2/c1-47(2)48-41(31-50(43-27-11-19-33-15-3-7-23-37(33)43)44-28-12-20-34-16-4-8-24-38(34)44)42(49-47)32-51(45-29-13-21-35-17-5-9-25-39(35)45)46-30-14-22-36-18-6-10-26-40(36)46/h3-30,41-42H,31-32H2,1-2H3/t41-,42-/m0/s1. The van der Waals surface area contributed by atoms with Crippen molar-refractivity contribution in [3.8, 4) is 0 Å². The quantitative estimate of drug-likeness (QED) is 0.147. The monoisotopic (exact) mass is 698 g/mol. The average molecular weight is 699 g/mol. The lowest BCUT2D eigenvalue weighted by atomic mass is 10.1. The summed E-state index contributed by atoms with van der Waals surface area (Å²) >= 11 is 0. The molecule has 0 bridgehead atoms. The van der Waals surface area contributed by atoms with Crippen molar-refractivity contribution in [2.45, 2.75) is 31.8 Å². The number of ether oxygens (including phenoxy) is 2. The second-order valence-electron chi connectivity index (χ2n) is 13.9. The molecular weight excluding hydrogens is 658 g/mol. The van der Waals surface area contributed by atoms with Gasteiger partial charge < -0.3 is 9.47 Å². The van der Waals surface area contributed by atoms with Gasteiger partial charge in [-0.2, -0.15) is 0 Å². The lowest BCUT2D eigenvalue weighted by Crippen LogP contribution is -2.34. The van der Waals surface area contributed by atoms with Crippen LogP contribution in [0.4, 0.5) is 0 Å². The second-order valence-corrected chi connectivity index (χ2v) is 18.3. The van der Waals surface area contributed by atoms with E-state index in [2.05, 4.69) is 184 Å². The third kappa shape index (κ3) is 6.26. The SMILES string of the molecule is CC1(C)O[C@@H](CP(c2cccc3ccccc23)c2cccc3ccccc23)[C@H](CP(c2cccc3ccccc23)c2cccc3ccccc23)O1. The summed E-state index contributed by atoms with van der Waals surface area (Å²) < 4.78 is 14.0. The fourth-order valence-corrected chi connectivity index (χ4v) is 13.7. The number of hydrogen-bond donors (Lipinski definition) is 0. The first-order valence-electron chi connectivity index (χ1n) is 17.8. The van der Waals surface area contributed by atoms with Gasteiger partial charge in [0, 0.05) is 12.3 Å². The third-order valence-electron chi connectivity index (χ3n) is 10.2. The molecule has 51 heavy (non-hydrogen) atoms. The van der Waals surface area contributed by atoms with Crippen LogP contribution in [0, 0.1) is 0 Å². The molecule has 0 spiro atoms. The van der Waals surface area contributed by atoms with E-state index in [0.29, 0.717) is 0 Å². The number of hydrogen-bond acceptors (Lipinski definition) is 2. The first-order chi connectivity index (χ1) is 25.0. The molecule has 4 heteroatoms. The normalized spacial score (nSPS) is 17.3. The molecule has 0 N–H and O–H groups in total. The van der Waals surface area contributed by atoms with Crippen LogP contribution in [-0.4, -0.2) is 30.3 Å². The lowest BCUT2D eigenvalue weighted by molar-refractivity contribution is -0.142. The van der Waals surface area contributed by atoms with Crippen LogP contribution in [0.15, 0.2) is 170 Å². The van der Waals surface area contributed by atoms with Gasteiger partial charge in [-0.3, -0.25) is 0 Å². The molecule has 0 radical (unpaired) electrons. The van der Waals surface area contributed by atoms with E-state index < -0.39 is 21.6 Å². The molecule has 0 saturated carbocycles. The predicted molar refractivity (Wildman–Crippen MR) is 222 cm³/mol. The van der Waals surface area contributed by atoms with Gasteiger partial charge in [0.25, 0.3) is 0 Å². The summed E-state index contributed by atoms with van der Waals surface area (Å²) in [5, 5.41) is 16.0. The molecule has 250 valence electrons. The van der Waals surface area contributed by atoms with Crippen molar-refractivity contribution in [3.05, 3.63) is 170 Å². The van der Waals surface area contributed by atoms with Crippen LogP contribution in [0.25, 0.3) is 43.1 Å². The molecule has 2 nitrogen and oxygen atoms in total. The molecular formula is C47H40O2P2. The number of benzene rings is 8. The Labute approximate surface area is 302 Å². The maximum absolute atomic E-state index is 7.01. The lowest BCUT2D eigenvalue weighted by Gasteiger charge is -2.29. The maximum atomic E-state index is 7.01. The highest BCUT2D eigenvalue weighted by molar-refractivity contribution is 7.74. The van der Waals surface area contributed by atoms with Crippen LogP contribution < -0.4 is 21.2 Å². The van der Waals surface area contributed by atoms with E-state index in [0.717, 1.165) is 12.3 Å². The Balaban J connectivity index is 1.18. The summed E-state index contributed by atoms with van der Waals surface area (Å²) in [4.78, 5) is 0. The minimum Gasteiger partial charge on any atom is -0.344 e. The highest BCUT2D eigenvalue weighted by atomic mass is 31.1. The molecule has 8 aromatic rings. The van der Waals surface area contributed by atoms with E-state index >= 15 is 0 Å². The number of rotatable bonds is 8.